The third-order valence-corrected chi connectivity index (χ3v) is 13.2. The van der Waals surface area contributed by atoms with Crippen LogP contribution in [-0.4, -0.2) is 168 Å². The number of para-hydroxylation sites is 1. The van der Waals surface area contributed by atoms with Gasteiger partial charge in [-0.25, -0.2) is 14.4 Å². The molecule has 5 aliphatic rings. The van der Waals surface area contributed by atoms with Gasteiger partial charge in [0, 0.05) is 89.5 Å². The monoisotopic (exact) mass is 842 g/mol. The fourth-order valence-corrected chi connectivity index (χ4v) is 9.65. The molecule has 4 saturated heterocycles. The molecule has 328 valence electrons. The summed E-state index contributed by atoms with van der Waals surface area (Å²) in [5.74, 6) is -0.928. The van der Waals surface area contributed by atoms with E-state index in [1.165, 1.54) is 0 Å². The second kappa shape index (κ2) is 19.1. The maximum absolute atomic E-state index is 14.3. The lowest BCUT2D eigenvalue weighted by molar-refractivity contribution is -0.146. The van der Waals surface area contributed by atoms with Crippen LogP contribution in [0.2, 0.25) is 0 Å². The highest BCUT2D eigenvalue weighted by atomic mass is 16.6. The summed E-state index contributed by atoms with van der Waals surface area (Å²) in [4.78, 5) is 91.9. The molecule has 0 radical (unpaired) electrons. The summed E-state index contributed by atoms with van der Waals surface area (Å²) in [5.41, 5.74) is 4.40. The SMILES string of the molecule is Cc1cc(C[C@@H](OC(=O)N2CCC(N3CCc4ccccc4NC3=O)CC2)C(=O)N2CCN(C3CCN(CCC(=O)OCCN4CCCC4=O)CC3)CC2)cc2oc(=O)[nH]c12. The third-order valence-electron chi connectivity index (χ3n) is 13.2. The van der Waals surface area contributed by atoms with Gasteiger partial charge < -0.3 is 43.7 Å². The molecule has 2 aromatic carbocycles. The number of rotatable bonds is 12. The van der Waals surface area contributed by atoms with Crippen LogP contribution in [-0.2, 0) is 36.7 Å². The molecular weight excluding hydrogens is 785 g/mol. The Kier molecular flexibility index (Phi) is 13.2. The molecule has 2 N–H and O–H groups in total. The molecule has 17 heteroatoms. The molecule has 0 bridgehead atoms. The van der Waals surface area contributed by atoms with E-state index in [4.69, 9.17) is 13.9 Å². The zero-order valence-electron chi connectivity index (χ0n) is 35.1. The van der Waals surface area contributed by atoms with Gasteiger partial charge in [-0.15, -0.1) is 0 Å². The highest BCUT2D eigenvalue weighted by Gasteiger charge is 2.37. The van der Waals surface area contributed by atoms with E-state index in [-0.39, 0.29) is 42.9 Å². The lowest BCUT2D eigenvalue weighted by Crippen LogP contribution is -2.56. The highest BCUT2D eigenvalue weighted by molar-refractivity contribution is 5.91. The molecule has 5 aliphatic heterocycles. The Balaban J connectivity index is 0.829. The van der Waals surface area contributed by atoms with E-state index in [0.29, 0.717) is 107 Å². The summed E-state index contributed by atoms with van der Waals surface area (Å²) in [6, 6.07) is 11.6. The number of aromatic nitrogens is 1. The number of H-pyrrole nitrogens is 1. The standard InChI is InChI=1S/C44H58N8O9/c1-30-27-31(28-36-40(30)46-43(57)60-36)29-37(61-44(58)51-18-11-34(12-19-51)52-20-8-32-5-2-3-6-35(32)45-42(52)56)41(55)50-23-21-48(22-24-50)33-9-15-47(16-10-33)17-13-39(54)59-26-25-49-14-4-7-38(49)53/h2-3,5-6,27-28,33-34,37H,4,7-26,29H2,1H3,(H,45,56)(H,46,57)/t37-/m1/s1. The number of fused-ring (bicyclic) bond motifs is 2. The number of anilines is 1. The number of oxazole rings is 1. The van der Waals surface area contributed by atoms with E-state index >= 15 is 0 Å². The number of piperazine rings is 1. The number of amides is 5. The Labute approximate surface area is 355 Å². The van der Waals surface area contributed by atoms with Gasteiger partial charge in [-0.1, -0.05) is 24.3 Å². The average molecular weight is 843 g/mol. The van der Waals surface area contributed by atoms with Crippen molar-refractivity contribution >= 4 is 46.7 Å². The molecule has 0 spiro atoms. The van der Waals surface area contributed by atoms with E-state index in [1.54, 1.807) is 20.8 Å². The predicted molar refractivity (Wildman–Crippen MR) is 225 cm³/mol. The molecule has 4 fully saturated rings. The molecule has 6 heterocycles. The Morgan fingerprint density at radius 1 is 0.836 bits per heavy atom. The smallest absolute Gasteiger partial charge is 0.417 e. The lowest BCUT2D eigenvalue weighted by atomic mass is 10.0. The molecule has 17 nitrogen and oxygen atoms in total. The van der Waals surface area contributed by atoms with Crippen molar-refractivity contribution in [3.63, 3.8) is 0 Å². The number of ether oxygens (including phenoxy) is 2. The number of benzene rings is 2. The molecule has 0 saturated carbocycles. The predicted octanol–water partition coefficient (Wildman–Crippen LogP) is 3.20. The first-order valence-electron chi connectivity index (χ1n) is 22.0. The largest absolute Gasteiger partial charge is 0.464 e. The number of esters is 1. The van der Waals surface area contributed by atoms with Crippen LogP contribution < -0.4 is 11.1 Å². The van der Waals surface area contributed by atoms with Crippen molar-refractivity contribution in [3.8, 4) is 0 Å². The van der Waals surface area contributed by atoms with Gasteiger partial charge in [0.15, 0.2) is 11.7 Å². The van der Waals surface area contributed by atoms with Gasteiger partial charge in [-0.2, -0.15) is 0 Å². The molecular formula is C44H58N8O9. The number of nitrogens with one attached hydrogen (secondary N) is 2. The summed E-state index contributed by atoms with van der Waals surface area (Å²) in [7, 11) is 0. The lowest BCUT2D eigenvalue weighted by Gasteiger charge is -2.43. The van der Waals surface area contributed by atoms with Gasteiger partial charge in [-0.05, 0) is 87.4 Å². The minimum absolute atomic E-state index is 0.0296. The number of carbonyl (C=O) groups is 5. The second-order valence-electron chi connectivity index (χ2n) is 17.0. The maximum Gasteiger partial charge on any atom is 0.417 e. The molecule has 1 atom stereocenters. The Morgan fingerprint density at radius 2 is 1.59 bits per heavy atom. The van der Waals surface area contributed by atoms with E-state index in [1.807, 2.05) is 42.2 Å². The quantitative estimate of drug-likeness (QED) is 0.256. The van der Waals surface area contributed by atoms with Crippen molar-refractivity contribution in [2.45, 2.75) is 82.9 Å². The summed E-state index contributed by atoms with van der Waals surface area (Å²) >= 11 is 0. The molecule has 1 aromatic heterocycles. The first-order chi connectivity index (χ1) is 29.6. The van der Waals surface area contributed by atoms with Crippen molar-refractivity contribution in [1.82, 2.24) is 34.4 Å². The number of nitrogens with zero attached hydrogens (tertiary/aromatic N) is 6. The van der Waals surface area contributed by atoms with Crippen LogP contribution in [0.15, 0.2) is 45.6 Å². The number of piperidine rings is 2. The number of aromatic amines is 1. The second-order valence-corrected chi connectivity index (χ2v) is 17.0. The van der Waals surface area contributed by atoms with E-state index < -0.39 is 18.0 Å². The number of likely N-dealkylation sites (tertiary alicyclic amines) is 3. The zero-order chi connectivity index (χ0) is 42.5. The van der Waals surface area contributed by atoms with Gasteiger partial charge in [0.05, 0.1) is 18.5 Å². The maximum atomic E-state index is 14.3. The van der Waals surface area contributed by atoms with Crippen LogP contribution in [0.25, 0.3) is 11.1 Å². The van der Waals surface area contributed by atoms with Crippen molar-refractivity contribution < 1.29 is 37.9 Å². The summed E-state index contributed by atoms with van der Waals surface area (Å²) < 4.78 is 16.9. The number of hydrogen-bond donors (Lipinski definition) is 2. The van der Waals surface area contributed by atoms with Crippen LogP contribution in [0.1, 0.15) is 61.6 Å². The molecule has 0 aliphatic carbocycles. The average Bonchev–Trinajstić information content (AvgIpc) is 3.82. The first-order valence-corrected chi connectivity index (χ1v) is 22.0. The van der Waals surface area contributed by atoms with E-state index in [2.05, 4.69) is 20.1 Å². The minimum atomic E-state index is -1.09. The van der Waals surface area contributed by atoms with E-state index in [0.717, 1.165) is 62.1 Å². The van der Waals surface area contributed by atoms with Crippen LogP contribution in [0.5, 0.6) is 0 Å². The molecule has 0 unspecified atom stereocenters. The first kappa shape index (κ1) is 42.3. The number of hydrogen-bond acceptors (Lipinski definition) is 11. The van der Waals surface area contributed by atoms with E-state index in [9.17, 15) is 28.8 Å². The Hall–Kier alpha value is -5.42. The third kappa shape index (κ3) is 10.2. The highest BCUT2D eigenvalue weighted by Crippen LogP contribution is 2.27. The Morgan fingerprint density at radius 3 is 2.34 bits per heavy atom. The van der Waals surface area contributed by atoms with Crippen LogP contribution in [0.4, 0.5) is 15.3 Å². The van der Waals surface area contributed by atoms with Crippen LogP contribution >= 0.6 is 0 Å². The van der Waals surface area contributed by atoms with Crippen LogP contribution in [0, 0.1) is 6.92 Å². The number of aryl methyl sites for hydroxylation is 1. The summed E-state index contributed by atoms with van der Waals surface area (Å²) in [6.45, 7) is 9.46. The summed E-state index contributed by atoms with van der Waals surface area (Å²) in [5, 5.41) is 3.04. The van der Waals surface area contributed by atoms with Gasteiger partial charge in [0.1, 0.15) is 6.61 Å². The van der Waals surface area contributed by atoms with Gasteiger partial charge >= 0.3 is 23.8 Å². The molecule has 5 amide bonds. The molecule has 61 heavy (non-hydrogen) atoms. The van der Waals surface area contributed by atoms with Crippen LogP contribution in [0.3, 0.4) is 0 Å². The van der Waals surface area contributed by atoms with Crippen molar-refractivity contribution in [1.29, 1.82) is 0 Å². The summed E-state index contributed by atoms with van der Waals surface area (Å²) in [6.07, 6.45) is 4.09. The molecule has 3 aromatic rings. The zero-order valence-corrected chi connectivity index (χ0v) is 35.1. The van der Waals surface area contributed by atoms with Gasteiger partial charge in [0.2, 0.25) is 5.91 Å². The Bertz CT molecular complexity index is 2130. The van der Waals surface area contributed by atoms with Crippen molar-refractivity contribution in [2.24, 2.45) is 0 Å². The number of urea groups is 1. The number of carbonyl (C=O) groups excluding carboxylic acids is 5. The normalized spacial score (nSPS) is 20.4. The van der Waals surface area contributed by atoms with Gasteiger partial charge in [-0.3, -0.25) is 24.3 Å². The van der Waals surface area contributed by atoms with Crippen molar-refractivity contribution in [3.05, 3.63) is 63.6 Å². The minimum Gasteiger partial charge on any atom is -0.464 e. The van der Waals surface area contributed by atoms with Gasteiger partial charge in [0.25, 0.3) is 5.91 Å². The fraction of sp³-hybridized carbons (Fsp3) is 0.591. The topological polar surface area (TPSA) is 181 Å². The molecule has 8 rings (SSSR count). The van der Waals surface area contributed by atoms with Crippen molar-refractivity contribution in [2.75, 3.05) is 90.5 Å². The fourth-order valence-electron chi connectivity index (χ4n) is 9.65.